The zero-order valence-electron chi connectivity index (χ0n) is 20.6. The van der Waals surface area contributed by atoms with Gasteiger partial charge in [-0.15, -0.1) is 0 Å². The molecule has 37 heavy (non-hydrogen) atoms. The van der Waals surface area contributed by atoms with Gasteiger partial charge in [-0.05, 0) is 49.1 Å². The molecule has 2 fully saturated rings. The molecule has 2 atom stereocenters. The number of anilines is 1. The molecule has 198 valence electrons. The van der Waals surface area contributed by atoms with Crippen molar-refractivity contribution in [2.24, 2.45) is 5.92 Å². The monoisotopic (exact) mass is 533 g/mol. The van der Waals surface area contributed by atoms with Crippen LogP contribution in [0.15, 0.2) is 42.7 Å². The van der Waals surface area contributed by atoms with Crippen LogP contribution in [-0.2, 0) is 10.2 Å². The third kappa shape index (κ3) is 5.26. The maximum Gasteiger partial charge on any atom is 0.303 e. The first-order valence-corrected chi connectivity index (χ1v) is 13.7. The van der Waals surface area contributed by atoms with Crippen molar-refractivity contribution in [1.29, 1.82) is 0 Å². The first kappa shape index (κ1) is 25.4. The van der Waals surface area contributed by atoms with Gasteiger partial charge in [0.25, 0.3) is 5.91 Å². The first-order valence-electron chi connectivity index (χ1n) is 12.2. The Hall–Kier alpha value is -3.25. The number of nitrogens with one attached hydrogen (secondary N) is 1. The minimum atomic E-state index is -4.01. The van der Waals surface area contributed by atoms with E-state index < -0.39 is 34.1 Å². The van der Waals surface area contributed by atoms with Crippen molar-refractivity contribution in [3.63, 3.8) is 0 Å². The Balaban J connectivity index is 1.47. The van der Waals surface area contributed by atoms with Crippen molar-refractivity contribution in [3.05, 3.63) is 59.7 Å². The number of halogens is 2. The normalized spacial score (nSPS) is 20.1. The number of hydrogen-bond donors (Lipinski definition) is 1. The van der Waals surface area contributed by atoms with Crippen LogP contribution in [0.5, 0.6) is 5.75 Å². The van der Waals surface area contributed by atoms with Gasteiger partial charge in [0.1, 0.15) is 17.7 Å². The molecule has 2 aliphatic rings. The largest absolute Gasteiger partial charge is 0.493 e. The van der Waals surface area contributed by atoms with E-state index in [0.29, 0.717) is 35.0 Å². The van der Waals surface area contributed by atoms with Gasteiger partial charge >= 0.3 is 10.2 Å². The zero-order chi connectivity index (χ0) is 26.3. The summed E-state index contributed by atoms with van der Waals surface area (Å²) >= 11 is 0. The molecule has 0 bridgehead atoms. The van der Waals surface area contributed by atoms with E-state index in [0.717, 1.165) is 17.1 Å². The molecule has 1 saturated heterocycles. The molecule has 0 radical (unpaired) electrons. The molecule has 3 heterocycles. The van der Waals surface area contributed by atoms with E-state index in [-0.39, 0.29) is 25.1 Å². The Morgan fingerprint density at radius 2 is 2.05 bits per heavy atom. The molecule has 1 aromatic carbocycles. The summed E-state index contributed by atoms with van der Waals surface area (Å²) in [6.45, 7) is 2.46. The van der Waals surface area contributed by atoms with E-state index in [4.69, 9.17) is 4.74 Å². The number of rotatable bonds is 9. The second kappa shape index (κ2) is 9.90. The minimum absolute atomic E-state index is 0.0571. The van der Waals surface area contributed by atoms with Crippen LogP contribution in [0, 0.1) is 11.7 Å². The fourth-order valence-electron chi connectivity index (χ4n) is 4.51. The van der Waals surface area contributed by atoms with Crippen LogP contribution in [0.1, 0.15) is 48.1 Å². The lowest BCUT2D eigenvalue weighted by molar-refractivity contribution is 0.0981. The third-order valence-corrected chi connectivity index (χ3v) is 8.43. The molecule has 12 heteroatoms. The number of carbonyl (C=O) groups excluding carboxylic acids is 1. The maximum atomic E-state index is 14.8. The number of carbonyl (C=O) groups is 1. The number of nitrogens with zero attached hydrogens (tertiary/aromatic N) is 4. The highest BCUT2D eigenvalue weighted by atomic mass is 32.2. The number of benzene rings is 1. The number of fused-ring (bicyclic) bond motifs is 1. The lowest BCUT2D eigenvalue weighted by Gasteiger charge is -2.28. The molecular formula is C25H29F2N5O4S. The predicted octanol–water partition coefficient (Wildman–Crippen LogP) is 3.48. The van der Waals surface area contributed by atoms with E-state index in [1.165, 1.54) is 29.9 Å². The Morgan fingerprint density at radius 3 is 2.78 bits per heavy atom. The quantitative estimate of drug-likeness (QED) is 0.453. The van der Waals surface area contributed by atoms with E-state index in [2.05, 4.69) is 5.10 Å². The number of alkyl halides is 1. The average molecular weight is 534 g/mol. The summed E-state index contributed by atoms with van der Waals surface area (Å²) in [5.41, 5.74) is 1.58. The van der Waals surface area contributed by atoms with Gasteiger partial charge < -0.3 is 9.64 Å². The highest BCUT2D eigenvalue weighted by molar-refractivity contribution is 7.87. The average Bonchev–Trinajstić information content (AvgIpc) is 3.47. The standard InChI is InChI=1S/C25H29F2N5O4S/c1-3-30(2)37(34,35)29-25(33)21-13-28-32-9-8-19(12-23(21)32)31-14-18(27)11-22(31)20-10-17(26)6-7-24(20)36-15-16-4-5-16/h6-10,12-13,16,18,22H,3-5,11,14-15H2,1-2H3,(H,29,33). The second-order valence-corrected chi connectivity index (χ2v) is 11.3. The molecule has 2 aromatic heterocycles. The van der Waals surface area contributed by atoms with Gasteiger partial charge in [-0.3, -0.25) is 4.79 Å². The van der Waals surface area contributed by atoms with Gasteiger partial charge in [0.15, 0.2) is 0 Å². The molecule has 2 unspecified atom stereocenters. The van der Waals surface area contributed by atoms with E-state index >= 15 is 0 Å². The number of ether oxygens (including phenoxy) is 1. The summed E-state index contributed by atoms with van der Waals surface area (Å²) in [5, 5.41) is 4.15. The molecule has 9 nitrogen and oxygen atoms in total. The van der Waals surface area contributed by atoms with Crippen molar-refractivity contribution >= 4 is 27.3 Å². The molecule has 1 saturated carbocycles. The summed E-state index contributed by atoms with van der Waals surface area (Å²) in [6.07, 6.45) is 4.12. The zero-order valence-corrected chi connectivity index (χ0v) is 21.4. The van der Waals surface area contributed by atoms with Crippen molar-refractivity contribution in [3.8, 4) is 5.75 Å². The SMILES string of the molecule is CCN(C)S(=O)(=O)NC(=O)c1cnn2ccc(N3CC(F)CC3c3cc(F)ccc3OCC3CC3)cc12. The van der Waals surface area contributed by atoms with Crippen LogP contribution in [0.25, 0.3) is 5.52 Å². The Bertz CT molecular complexity index is 1430. The first-order chi connectivity index (χ1) is 17.7. The molecule has 1 amide bonds. The van der Waals surface area contributed by atoms with Crippen molar-refractivity contribution in [2.75, 3.05) is 31.6 Å². The van der Waals surface area contributed by atoms with Crippen LogP contribution in [0.2, 0.25) is 0 Å². The topological polar surface area (TPSA) is 96.2 Å². The van der Waals surface area contributed by atoms with Gasteiger partial charge in [-0.25, -0.2) is 18.0 Å². The highest BCUT2D eigenvalue weighted by Gasteiger charge is 2.36. The summed E-state index contributed by atoms with van der Waals surface area (Å²) in [5.74, 6) is -0.219. The second-order valence-electron chi connectivity index (χ2n) is 9.56. The summed E-state index contributed by atoms with van der Waals surface area (Å²) < 4.78 is 64.3. The lowest BCUT2D eigenvalue weighted by atomic mass is 10.0. The number of amides is 1. The molecule has 0 spiro atoms. The van der Waals surface area contributed by atoms with Crippen molar-refractivity contribution in [2.45, 2.75) is 38.4 Å². The molecule has 3 aromatic rings. The van der Waals surface area contributed by atoms with Crippen LogP contribution < -0.4 is 14.4 Å². The molecule has 1 N–H and O–H groups in total. The third-order valence-electron chi connectivity index (χ3n) is 6.91. The van der Waals surface area contributed by atoms with Crippen molar-refractivity contribution < 1.29 is 26.7 Å². The van der Waals surface area contributed by atoms with E-state index in [9.17, 15) is 22.0 Å². The maximum absolute atomic E-state index is 14.8. The Morgan fingerprint density at radius 1 is 1.27 bits per heavy atom. The van der Waals surface area contributed by atoms with Crippen LogP contribution in [0.3, 0.4) is 0 Å². The fraction of sp³-hybridized carbons (Fsp3) is 0.440. The smallest absolute Gasteiger partial charge is 0.303 e. The molecule has 5 rings (SSSR count). The van der Waals surface area contributed by atoms with Gasteiger partial charge in [0, 0.05) is 44.0 Å². The highest BCUT2D eigenvalue weighted by Crippen LogP contribution is 2.42. The van der Waals surface area contributed by atoms with Gasteiger partial charge in [-0.2, -0.15) is 17.8 Å². The predicted molar refractivity (Wildman–Crippen MR) is 134 cm³/mol. The minimum Gasteiger partial charge on any atom is -0.493 e. The van der Waals surface area contributed by atoms with Gasteiger partial charge in [0.2, 0.25) is 0 Å². The molecule has 1 aliphatic carbocycles. The van der Waals surface area contributed by atoms with Crippen LogP contribution in [-0.4, -0.2) is 61.2 Å². The summed E-state index contributed by atoms with van der Waals surface area (Å²) in [6, 6.07) is 7.23. The fourth-order valence-corrected chi connectivity index (χ4v) is 5.35. The van der Waals surface area contributed by atoms with E-state index in [1.807, 2.05) is 9.62 Å². The Kier molecular flexibility index (Phi) is 6.80. The molecular weight excluding hydrogens is 504 g/mol. The molecule has 1 aliphatic heterocycles. The number of hydrogen-bond acceptors (Lipinski definition) is 6. The summed E-state index contributed by atoms with van der Waals surface area (Å²) in [7, 11) is -2.65. The number of aromatic nitrogens is 2. The van der Waals surface area contributed by atoms with Crippen molar-refractivity contribution in [1.82, 2.24) is 18.6 Å². The Labute approximate surface area is 214 Å². The van der Waals surface area contributed by atoms with E-state index in [1.54, 1.807) is 31.3 Å². The van der Waals surface area contributed by atoms with Gasteiger partial charge in [0.05, 0.1) is 29.9 Å². The lowest BCUT2D eigenvalue weighted by Crippen LogP contribution is -2.41. The van der Waals surface area contributed by atoms with Crippen LogP contribution in [0.4, 0.5) is 14.5 Å². The van der Waals surface area contributed by atoms with Gasteiger partial charge in [-0.1, -0.05) is 6.92 Å². The number of pyridine rings is 1. The summed E-state index contributed by atoms with van der Waals surface area (Å²) in [4.78, 5) is 14.7. The van der Waals surface area contributed by atoms with Crippen LogP contribution >= 0.6 is 0 Å².